The molecule has 0 bridgehead atoms. The average molecular weight is 258 g/mol. The lowest BCUT2D eigenvalue weighted by atomic mass is 9.81. The molecule has 3 rings (SSSR count). The minimum absolute atomic E-state index is 0.0706. The summed E-state index contributed by atoms with van der Waals surface area (Å²) >= 11 is 0. The van der Waals surface area contributed by atoms with Crippen molar-refractivity contribution in [3.8, 4) is 5.75 Å². The topological polar surface area (TPSA) is 40.5 Å². The van der Waals surface area contributed by atoms with Crippen LogP contribution in [0.2, 0.25) is 0 Å². The molecule has 0 spiro atoms. The second kappa shape index (κ2) is 4.35. The van der Waals surface area contributed by atoms with Gasteiger partial charge >= 0.3 is 0 Å². The van der Waals surface area contributed by atoms with Gasteiger partial charge in [0.15, 0.2) is 0 Å². The van der Waals surface area contributed by atoms with Crippen LogP contribution in [0, 0.1) is 11.7 Å². The molecule has 2 N–H and O–H groups in total. The van der Waals surface area contributed by atoms with Gasteiger partial charge in [0, 0.05) is 5.56 Å². The van der Waals surface area contributed by atoms with Gasteiger partial charge in [0.25, 0.3) is 0 Å². The number of halogens is 1. The molecule has 1 aliphatic carbocycles. The minimum Gasteiger partial charge on any atom is -0.508 e. The molecule has 1 aliphatic rings. The van der Waals surface area contributed by atoms with Crippen molar-refractivity contribution in [3.63, 3.8) is 0 Å². The van der Waals surface area contributed by atoms with Gasteiger partial charge < -0.3 is 10.2 Å². The molecule has 1 fully saturated rings. The van der Waals surface area contributed by atoms with E-state index in [1.165, 1.54) is 12.1 Å². The summed E-state index contributed by atoms with van der Waals surface area (Å²) < 4.78 is 13.0. The maximum atomic E-state index is 13.0. The van der Waals surface area contributed by atoms with Gasteiger partial charge in [-0.2, -0.15) is 0 Å². The highest BCUT2D eigenvalue weighted by Crippen LogP contribution is 2.51. The van der Waals surface area contributed by atoms with Gasteiger partial charge in [0.05, 0.1) is 0 Å². The van der Waals surface area contributed by atoms with E-state index in [2.05, 4.69) is 0 Å². The Morgan fingerprint density at radius 1 is 1.00 bits per heavy atom. The molecule has 1 saturated carbocycles. The van der Waals surface area contributed by atoms with Crippen molar-refractivity contribution in [3.05, 3.63) is 65.5 Å². The average Bonchev–Trinajstić information content (AvgIpc) is 3.24. The first-order valence-corrected chi connectivity index (χ1v) is 6.39. The molecule has 2 aromatic carbocycles. The van der Waals surface area contributed by atoms with Crippen LogP contribution < -0.4 is 0 Å². The van der Waals surface area contributed by atoms with Gasteiger partial charge in [-0.3, -0.25) is 0 Å². The van der Waals surface area contributed by atoms with Crippen molar-refractivity contribution in [2.45, 2.75) is 18.4 Å². The molecule has 0 radical (unpaired) electrons. The van der Waals surface area contributed by atoms with Crippen LogP contribution in [0.15, 0.2) is 48.5 Å². The zero-order valence-corrected chi connectivity index (χ0v) is 10.4. The third-order valence-electron chi connectivity index (χ3n) is 3.77. The number of phenolic OH excluding ortho intramolecular Hbond substituents is 1. The fourth-order valence-corrected chi connectivity index (χ4v) is 2.61. The maximum Gasteiger partial charge on any atom is 0.123 e. The highest BCUT2D eigenvalue weighted by Gasteiger charge is 2.47. The van der Waals surface area contributed by atoms with E-state index in [-0.39, 0.29) is 17.5 Å². The van der Waals surface area contributed by atoms with Crippen LogP contribution in [-0.4, -0.2) is 10.2 Å². The van der Waals surface area contributed by atoms with E-state index in [0.717, 1.165) is 12.8 Å². The van der Waals surface area contributed by atoms with Crippen LogP contribution in [0.3, 0.4) is 0 Å². The number of hydrogen-bond acceptors (Lipinski definition) is 2. The summed E-state index contributed by atoms with van der Waals surface area (Å²) in [5.41, 5.74) is -0.124. The Hall–Kier alpha value is -1.87. The quantitative estimate of drug-likeness (QED) is 0.887. The van der Waals surface area contributed by atoms with Crippen molar-refractivity contribution < 1.29 is 14.6 Å². The lowest BCUT2D eigenvalue weighted by Crippen LogP contribution is -2.30. The molecule has 0 aromatic heterocycles. The third-order valence-corrected chi connectivity index (χ3v) is 3.77. The molecule has 1 unspecified atom stereocenters. The summed E-state index contributed by atoms with van der Waals surface area (Å²) in [5.74, 6) is -0.188. The maximum absolute atomic E-state index is 13.0. The Morgan fingerprint density at radius 3 is 2.21 bits per heavy atom. The predicted molar refractivity (Wildman–Crippen MR) is 70.2 cm³/mol. The molecule has 0 amide bonds. The number of hydrogen-bond donors (Lipinski definition) is 2. The molecule has 1 atom stereocenters. The first-order valence-electron chi connectivity index (χ1n) is 6.39. The number of phenols is 1. The van der Waals surface area contributed by atoms with E-state index in [9.17, 15) is 14.6 Å². The molecule has 0 aliphatic heterocycles. The number of para-hydroxylation sites is 1. The predicted octanol–water partition coefficient (Wildman–Crippen LogP) is 3.18. The van der Waals surface area contributed by atoms with Gasteiger partial charge in [-0.25, -0.2) is 4.39 Å². The standard InChI is InChI=1S/C16H15FO2/c17-13-9-7-12(8-10-13)16(19,11-5-6-11)14-3-1-2-4-15(14)18/h1-4,7-11,18-19H,5-6H2. The SMILES string of the molecule is Oc1ccccc1C(O)(c1ccc(F)cc1)C1CC1. The summed E-state index contributed by atoms with van der Waals surface area (Å²) in [4.78, 5) is 0. The highest BCUT2D eigenvalue weighted by atomic mass is 19.1. The summed E-state index contributed by atoms with van der Waals surface area (Å²) in [5, 5.41) is 21.1. The van der Waals surface area contributed by atoms with E-state index in [0.29, 0.717) is 11.1 Å². The van der Waals surface area contributed by atoms with Gasteiger partial charge in [0.2, 0.25) is 0 Å². The normalized spacial score (nSPS) is 18.0. The minimum atomic E-state index is -1.24. The van der Waals surface area contributed by atoms with Crippen LogP contribution in [-0.2, 0) is 5.60 Å². The summed E-state index contributed by atoms with van der Waals surface area (Å²) in [6.45, 7) is 0. The fraction of sp³-hybridized carbons (Fsp3) is 0.250. The van der Waals surface area contributed by atoms with E-state index in [1.54, 1.807) is 36.4 Å². The second-order valence-electron chi connectivity index (χ2n) is 5.06. The molecular weight excluding hydrogens is 243 g/mol. The molecule has 2 aromatic rings. The van der Waals surface area contributed by atoms with Crippen molar-refractivity contribution in [1.29, 1.82) is 0 Å². The zero-order valence-electron chi connectivity index (χ0n) is 10.4. The Bertz CT molecular complexity index is 590. The molecule has 0 saturated heterocycles. The highest BCUT2D eigenvalue weighted by molar-refractivity contribution is 5.45. The Morgan fingerprint density at radius 2 is 1.63 bits per heavy atom. The Balaban J connectivity index is 2.14. The van der Waals surface area contributed by atoms with Crippen LogP contribution >= 0.6 is 0 Å². The Labute approximate surface area is 111 Å². The number of aromatic hydroxyl groups is 1. The third kappa shape index (κ3) is 2.00. The zero-order chi connectivity index (χ0) is 13.5. The largest absolute Gasteiger partial charge is 0.508 e. The first kappa shape index (κ1) is 12.2. The Kier molecular flexibility index (Phi) is 2.79. The fourth-order valence-electron chi connectivity index (χ4n) is 2.61. The smallest absolute Gasteiger partial charge is 0.123 e. The molecule has 3 heteroatoms. The van der Waals surface area contributed by atoms with Crippen molar-refractivity contribution >= 4 is 0 Å². The molecular formula is C16H15FO2. The molecule has 2 nitrogen and oxygen atoms in total. The van der Waals surface area contributed by atoms with Crippen LogP contribution in [0.5, 0.6) is 5.75 Å². The monoisotopic (exact) mass is 258 g/mol. The van der Waals surface area contributed by atoms with Crippen LogP contribution in [0.25, 0.3) is 0 Å². The molecule has 19 heavy (non-hydrogen) atoms. The van der Waals surface area contributed by atoms with Crippen molar-refractivity contribution in [2.24, 2.45) is 5.92 Å². The number of benzene rings is 2. The summed E-state index contributed by atoms with van der Waals surface area (Å²) in [7, 11) is 0. The van der Waals surface area contributed by atoms with Gasteiger partial charge in [-0.15, -0.1) is 0 Å². The van der Waals surface area contributed by atoms with Gasteiger partial charge in [-0.1, -0.05) is 30.3 Å². The molecule has 98 valence electrons. The van der Waals surface area contributed by atoms with Gasteiger partial charge in [-0.05, 0) is 42.5 Å². The van der Waals surface area contributed by atoms with E-state index >= 15 is 0 Å². The van der Waals surface area contributed by atoms with Crippen LogP contribution in [0.1, 0.15) is 24.0 Å². The summed E-state index contributed by atoms with van der Waals surface area (Å²) in [6.07, 6.45) is 1.81. The first-order chi connectivity index (χ1) is 9.12. The number of aliphatic hydroxyl groups is 1. The summed E-state index contributed by atoms with van der Waals surface area (Å²) in [6, 6.07) is 12.6. The second-order valence-corrected chi connectivity index (χ2v) is 5.06. The number of rotatable bonds is 3. The van der Waals surface area contributed by atoms with E-state index < -0.39 is 5.60 Å². The van der Waals surface area contributed by atoms with Crippen LogP contribution in [0.4, 0.5) is 4.39 Å². The molecule has 0 heterocycles. The van der Waals surface area contributed by atoms with Gasteiger partial charge in [0.1, 0.15) is 17.2 Å². The lowest BCUT2D eigenvalue weighted by molar-refractivity contribution is 0.0539. The van der Waals surface area contributed by atoms with Crippen molar-refractivity contribution in [2.75, 3.05) is 0 Å². The van der Waals surface area contributed by atoms with E-state index in [4.69, 9.17) is 0 Å². The lowest BCUT2D eigenvalue weighted by Gasteiger charge is -2.30. The van der Waals surface area contributed by atoms with Crippen molar-refractivity contribution in [1.82, 2.24) is 0 Å². The van der Waals surface area contributed by atoms with E-state index in [1.807, 2.05) is 0 Å².